The lowest BCUT2D eigenvalue weighted by atomic mass is 10.3. The zero-order valence-corrected chi connectivity index (χ0v) is 16.4. The first-order valence-corrected chi connectivity index (χ1v) is 8.82. The molecule has 0 radical (unpaired) electrons. The summed E-state index contributed by atoms with van der Waals surface area (Å²) in [5.41, 5.74) is 7.22. The SMILES string of the molecule is [C-]#[N+]c1ccc(N)cc1Cl.[C-]#[N+]c1ccc(NC(=O)Oc2ccccc2)cc1Cl. The van der Waals surface area contributed by atoms with Gasteiger partial charge in [0.15, 0.2) is 0 Å². The lowest BCUT2D eigenvalue weighted by Crippen LogP contribution is -2.16. The second kappa shape index (κ2) is 10.6. The Morgan fingerprint density at radius 2 is 1.48 bits per heavy atom. The van der Waals surface area contributed by atoms with Crippen LogP contribution in [0.4, 0.5) is 27.5 Å². The summed E-state index contributed by atoms with van der Waals surface area (Å²) in [6, 6.07) is 18.2. The number of hydrogen-bond donors (Lipinski definition) is 2. The van der Waals surface area contributed by atoms with Crippen LogP contribution in [0.2, 0.25) is 10.0 Å². The molecule has 29 heavy (non-hydrogen) atoms. The first kappa shape index (κ1) is 21.6. The van der Waals surface area contributed by atoms with Crippen LogP contribution in [0.5, 0.6) is 5.75 Å². The van der Waals surface area contributed by atoms with Gasteiger partial charge >= 0.3 is 6.09 Å². The molecule has 8 heteroatoms. The van der Waals surface area contributed by atoms with Crippen LogP contribution in [0, 0.1) is 13.1 Å². The fraction of sp³-hybridized carbons (Fsp3) is 0. The minimum atomic E-state index is -0.613. The normalized spacial score (nSPS) is 9.24. The average Bonchev–Trinajstić information content (AvgIpc) is 2.69. The van der Waals surface area contributed by atoms with E-state index in [2.05, 4.69) is 15.0 Å². The van der Waals surface area contributed by atoms with Gasteiger partial charge in [0, 0.05) is 21.4 Å². The number of nitrogen functional groups attached to an aromatic ring is 1. The number of carbonyl (C=O) groups is 1. The number of para-hydroxylation sites is 1. The average molecular weight is 425 g/mol. The molecule has 0 atom stereocenters. The lowest BCUT2D eigenvalue weighted by Gasteiger charge is -2.07. The van der Waals surface area contributed by atoms with Crippen molar-refractivity contribution < 1.29 is 9.53 Å². The van der Waals surface area contributed by atoms with Crippen molar-refractivity contribution in [2.45, 2.75) is 0 Å². The van der Waals surface area contributed by atoms with Gasteiger partial charge in [0.25, 0.3) is 0 Å². The Kier molecular flexibility index (Phi) is 7.88. The molecule has 0 fully saturated rings. The third kappa shape index (κ3) is 6.75. The number of halogens is 2. The molecule has 1 amide bonds. The number of hydrogen-bond acceptors (Lipinski definition) is 3. The van der Waals surface area contributed by atoms with Gasteiger partial charge in [-0.05, 0) is 36.4 Å². The van der Waals surface area contributed by atoms with E-state index in [1.807, 2.05) is 6.07 Å². The Bertz CT molecular complexity index is 1090. The fourth-order valence-corrected chi connectivity index (χ4v) is 2.48. The zero-order valence-electron chi connectivity index (χ0n) is 14.9. The van der Waals surface area contributed by atoms with Crippen molar-refractivity contribution in [3.05, 3.63) is 99.6 Å². The van der Waals surface area contributed by atoms with Gasteiger partial charge in [-0.2, -0.15) is 0 Å². The smallest absolute Gasteiger partial charge is 0.410 e. The molecule has 0 aliphatic carbocycles. The molecular formula is C21H14Cl2N4O2. The highest BCUT2D eigenvalue weighted by molar-refractivity contribution is 6.34. The molecule has 6 nitrogen and oxygen atoms in total. The Labute approximate surface area is 178 Å². The Morgan fingerprint density at radius 1 is 0.897 bits per heavy atom. The second-order valence-electron chi connectivity index (χ2n) is 5.43. The molecule has 0 saturated carbocycles. The van der Waals surface area contributed by atoms with Gasteiger partial charge in [0.1, 0.15) is 5.75 Å². The fourth-order valence-electron chi connectivity index (χ4n) is 2.03. The van der Waals surface area contributed by atoms with Crippen molar-refractivity contribution in [3.63, 3.8) is 0 Å². The van der Waals surface area contributed by atoms with E-state index >= 15 is 0 Å². The number of rotatable bonds is 2. The van der Waals surface area contributed by atoms with Gasteiger partial charge < -0.3 is 10.5 Å². The summed E-state index contributed by atoms with van der Waals surface area (Å²) in [5.74, 6) is 0.448. The summed E-state index contributed by atoms with van der Waals surface area (Å²) in [5, 5.41) is 3.23. The molecule has 0 spiro atoms. The number of ether oxygens (including phenoxy) is 1. The van der Waals surface area contributed by atoms with Crippen molar-refractivity contribution in [3.8, 4) is 5.75 Å². The summed E-state index contributed by atoms with van der Waals surface area (Å²) in [7, 11) is 0. The zero-order chi connectivity index (χ0) is 21.2. The summed E-state index contributed by atoms with van der Waals surface area (Å²) in [6.07, 6.45) is -0.613. The topological polar surface area (TPSA) is 73.1 Å². The van der Waals surface area contributed by atoms with Crippen LogP contribution in [-0.4, -0.2) is 6.09 Å². The highest BCUT2D eigenvalue weighted by Crippen LogP contribution is 2.28. The Balaban J connectivity index is 0.000000253. The van der Waals surface area contributed by atoms with E-state index in [0.29, 0.717) is 33.5 Å². The molecule has 0 heterocycles. The minimum Gasteiger partial charge on any atom is -0.410 e. The maximum Gasteiger partial charge on any atom is 0.417 e. The van der Waals surface area contributed by atoms with Crippen molar-refractivity contribution in [2.24, 2.45) is 0 Å². The van der Waals surface area contributed by atoms with Crippen LogP contribution in [-0.2, 0) is 0 Å². The molecular weight excluding hydrogens is 411 g/mol. The Hall–Kier alpha value is -3.71. The van der Waals surface area contributed by atoms with Crippen molar-refractivity contribution in [1.82, 2.24) is 0 Å². The van der Waals surface area contributed by atoms with E-state index in [1.54, 1.807) is 48.5 Å². The maximum absolute atomic E-state index is 11.6. The number of benzene rings is 3. The molecule has 3 N–H and O–H groups in total. The minimum absolute atomic E-state index is 0.285. The van der Waals surface area contributed by atoms with Crippen LogP contribution in [0.1, 0.15) is 0 Å². The standard InChI is InChI=1S/C14H9ClN2O2.C7H5ClN2/c1-16-13-8-7-10(9-12(13)15)17-14(18)19-11-5-3-2-4-6-11;1-10-7-3-2-5(9)4-6(7)8/h2-9H,(H,17,18);2-4H,9H2. The van der Waals surface area contributed by atoms with E-state index in [0.717, 1.165) is 0 Å². The first-order valence-electron chi connectivity index (χ1n) is 8.06. The van der Waals surface area contributed by atoms with Gasteiger partial charge in [-0.15, -0.1) is 0 Å². The summed E-state index contributed by atoms with van der Waals surface area (Å²) >= 11 is 11.5. The molecule has 3 aromatic rings. The predicted molar refractivity (Wildman–Crippen MR) is 116 cm³/mol. The molecule has 0 saturated heterocycles. The van der Waals surface area contributed by atoms with Crippen LogP contribution < -0.4 is 15.8 Å². The van der Waals surface area contributed by atoms with E-state index < -0.39 is 6.09 Å². The number of nitrogens with one attached hydrogen (secondary N) is 1. The molecule has 0 aromatic heterocycles. The van der Waals surface area contributed by atoms with E-state index in [1.165, 1.54) is 12.1 Å². The van der Waals surface area contributed by atoms with E-state index in [4.69, 9.17) is 46.8 Å². The van der Waals surface area contributed by atoms with Crippen LogP contribution in [0.3, 0.4) is 0 Å². The Morgan fingerprint density at radius 3 is 2.03 bits per heavy atom. The first-order chi connectivity index (χ1) is 13.9. The highest BCUT2D eigenvalue weighted by atomic mass is 35.5. The van der Waals surface area contributed by atoms with E-state index in [9.17, 15) is 4.79 Å². The van der Waals surface area contributed by atoms with Crippen LogP contribution in [0.25, 0.3) is 9.69 Å². The molecule has 3 aromatic carbocycles. The van der Waals surface area contributed by atoms with Crippen LogP contribution in [0.15, 0.2) is 66.7 Å². The van der Waals surface area contributed by atoms with Gasteiger partial charge in [-0.25, -0.2) is 14.5 Å². The quantitative estimate of drug-likeness (QED) is 0.344. The van der Waals surface area contributed by atoms with Gasteiger partial charge in [-0.3, -0.25) is 5.32 Å². The summed E-state index contributed by atoms with van der Waals surface area (Å²) < 4.78 is 5.06. The van der Waals surface area contributed by atoms with Crippen molar-refractivity contribution in [2.75, 3.05) is 11.1 Å². The summed E-state index contributed by atoms with van der Waals surface area (Å²) in [4.78, 5) is 18.0. The van der Waals surface area contributed by atoms with Gasteiger partial charge in [-0.1, -0.05) is 53.5 Å². The summed E-state index contributed by atoms with van der Waals surface area (Å²) in [6.45, 7) is 13.5. The monoisotopic (exact) mass is 424 g/mol. The van der Waals surface area contributed by atoms with Crippen molar-refractivity contribution >= 4 is 52.0 Å². The number of nitrogens with two attached hydrogens (primary N) is 1. The molecule has 0 aliphatic rings. The molecule has 144 valence electrons. The third-order valence-corrected chi connectivity index (χ3v) is 3.97. The second-order valence-corrected chi connectivity index (χ2v) is 6.24. The number of carbonyl (C=O) groups excluding carboxylic acids is 1. The largest absolute Gasteiger partial charge is 0.417 e. The van der Waals surface area contributed by atoms with Crippen LogP contribution >= 0.6 is 23.2 Å². The highest BCUT2D eigenvalue weighted by Gasteiger charge is 2.07. The van der Waals surface area contributed by atoms with E-state index in [-0.39, 0.29) is 5.02 Å². The number of amides is 1. The van der Waals surface area contributed by atoms with Gasteiger partial charge in [0.2, 0.25) is 11.4 Å². The number of anilines is 2. The molecule has 0 aliphatic heterocycles. The maximum atomic E-state index is 11.6. The van der Waals surface area contributed by atoms with Crippen molar-refractivity contribution in [1.29, 1.82) is 0 Å². The molecule has 0 unspecified atom stereocenters. The third-order valence-electron chi connectivity index (χ3n) is 3.36. The molecule has 3 rings (SSSR count). The lowest BCUT2D eigenvalue weighted by molar-refractivity contribution is 0.215. The molecule has 0 bridgehead atoms. The van der Waals surface area contributed by atoms with Gasteiger partial charge in [0.05, 0.1) is 13.1 Å². The number of nitrogens with zero attached hydrogens (tertiary/aromatic N) is 2. The predicted octanol–water partition coefficient (Wildman–Crippen LogP) is 6.97.